The zero-order valence-electron chi connectivity index (χ0n) is 9.63. The highest BCUT2D eigenvalue weighted by Crippen LogP contribution is 2.22. The summed E-state index contributed by atoms with van der Waals surface area (Å²) in [7, 11) is 1.61. The van der Waals surface area contributed by atoms with E-state index in [9.17, 15) is 4.79 Å². The zero-order chi connectivity index (χ0) is 11.6. The van der Waals surface area contributed by atoms with Crippen molar-refractivity contribution in [3.05, 3.63) is 28.8 Å². The van der Waals surface area contributed by atoms with E-state index in [0.29, 0.717) is 5.56 Å². The molecule has 0 bridgehead atoms. The Kier molecular flexibility index (Phi) is 3.48. The van der Waals surface area contributed by atoms with E-state index in [-0.39, 0.29) is 5.78 Å². The van der Waals surface area contributed by atoms with Gasteiger partial charge in [0.1, 0.15) is 5.75 Å². The Morgan fingerprint density at radius 1 is 1.33 bits per heavy atom. The summed E-state index contributed by atoms with van der Waals surface area (Å²) in [6, 6.07) is 3.24. The Hall–Kier alpha value is -1.35. The minimum Gasteiger partial charge on any atom is -0.497 e. The lowest BCUT2D eigenvalue weighted by atomic mass is 9.95. The van der Waals surface area contributed by atoms with Crippen LogP contribution in [0.4, 0.5) is 0 Å². The van der Waals surface area contributed by atoms with E-state index in [2.05, 4.69) is 0 Å². The normalized spacial score (nSPS) is 12.3. The lowest BCUT2D eigenvalue weighted by molar-refractivity contribution is 0.0966. The first-order valence-corrected chi connectivity index (χ1v) is 4.92. The molecule has 0 aliphatic rings. The van der Waals surface area contributed by atoms with Crippen LogP contribution in [0.5, 0.6) is 5.75 Å². The molecule has 1 unspecified atom stereocenters. The van der Waals surface area contributed by atoms with E-state index in [0.717, 1.165) is 16.9 Å². The standard InChI is InChI=1S/C12H17NO2/c1-7-5-10(15-4)6-8(2)11(7)12(14)9(3)13/h5-6,9H,13H2,1-4H3. The first-order valence-electron chi connectivity index (χ1n) is 4.92. The van der Waals surface area contributed by atoms with Gasteiger partial charge in [-0.15, -0.1) is 0 Å². The number of hydrogen-bond acceptors (Lipinski definition) is 3. The molecule has 0 aliphatic heterocycles. The minimum atomic E-state index is -0.462. The van der Waals surface area contributed by atoms with E-state index < -0.39 is 6.04 Å². The fraction of sp³-hybridized carbons (Fsp3) is 0.417. The SMILES string of the molecule is COc1cc(C)c(C(=O)C(C)N)c(C)c1. The molecule has 0 heterocycles. The maximum absolute atomic E-state index is 11.8. The molecule has 1 atom stereocenters. The summed E-state index contributed by atoms with van der Waals surface area (Å²) in [6.07, 6.45) is 0. The highest BCUT2D eigenvalue weighted by atomic mass is 16.5. The third-order valence-electron chi connectivity index (χ3n) is 2.40. The summed E-state index contributed by atoms with van der Waals surface area (Å²) in [5, 5.41) is 0. The average Bonchev–Trinajstić information content (AvgIpc) is 2.16. The Bertz CT molecular complexity index is 360. The van der Waals surface area contributed by atoms with Crippen LogP contribution in [0, 0.1) is 13.8 Å². The average molecular weight is 207 g/mol. The van der Waals surface area contributed by atoms with E-state index >= 15 is 0 Å². The number of Topliss-reactive ketones (excluding diaryl/α,β-unsaturated/α-hetero) is 1. The van der Waals surface area contributed by atoms with Crippen molar-refractivity contribution in [2.24, 2.45) is 5.73 Å². The number of ether oxygens (including phenoxy) is 1. The molecule has 0 saturated heterocycles. The lowest BCUT2D eigenvalue weighted by Crippen LogP contribution is -2.28. The molecule has 0 fully saturated rings. The number of aryl methyl sites for hydroxylation is 2. The smallest absolute Gasteiger partial charge is 0.179 e. The first kappa shape index (κ1) is 11.7. The van der Waals surface area contributed by atoms with Crippen molar-refractivity contribution in [3.63, 3.8) is 0 Å². The molecule has 15 heavy (non-hydrogen) atoms. The van der Waals surface area contributed by atoms with Gasteiger partial charge in [-0.25, -0.2) is 0 Å². The van der Waals surface area contributed by atoms with Crippen LogP contribution < -0.4 is 10.5 Å². The number of carbonyl (C=O) groups excluding carboxylic acids is 1. The predicted molar refractivity (Wildman–Crippen MR) is 60.4 cm³/mol. The fourth-order valence-electron chi connectivity index (χ4n) is 1.66. The van der Waals surface area contributed by atoms with E-state index in [1.165, 1.54) is 0 Å². The van der Waals surface area contributed by atoms with E-state index in [1.54, 1.807) is 14.0 Å². The van der Waals surface area contributed by atoms with Crippen LogP contribution >= 0.6 is 0 Å². The summed E-state index contributed by atoms with van der Waals surface area (Å²) in [6.45, 7) is 5.49. The van der Waals surface area contributed by atoms with Crippen molar-refractivity contribution in [3.8, 4) is 5.75 Å². The molecule has 0 saturated carbocycles. The van der Waals surface area contributed by atoms with Gasteiger partial charge in [-0.05, 0) is 44.0 Å². The number of nitrogens with two attached hydrogens (primary N) is 1. The summed E-state index contributed by atoms with van der Waals surface area (Å²) in [4.78, 5) is 11.8. The van der Waals surface area contributed by atoms with Gasteiger partial charge in [0.05, 0.1) is 13.2 Å². The van der Waals surface area contributed by atoms with Gasteiger partial charge in [0, 0.05) is 5.56 Å². The highest BCUT2D eigenvalue weighted by Gasteiger charge is 2.16. The van der Waals surface area contributed by atoms with Gasteiger partial charge < -0.3 is 10.5 Å². The number of ketones is 1. The fourth-order valence-corrected chi connectivity index (χ4v) is 1.66. The second kappa shape index (κ2) is 4.45. The molecule has 1 aromatic rings. The van der Waals surface area contributed by atoms with Gasteiger partial charge in [0.25, 0.3) is 0 Å². The Balaban J connectivity index is 3.25. The predicted octanol–water partition coefficient (Wildman–Crippen LogP) is 1.84. The maximum Gasteiger partial charge on any atom is 0.179 e. The molecule has 2 N–H and O–H groups in total. The second-order valence-corrected chi connectivity index (χ2v) is 3.79. The molecule has 0 aromatic heterocycles. The molecule has 3 nitrogen and oxygen atoms in total. The zero-order valence-corrected chi connectivity index (χ0v) is 9.63. The molecule has 0 spiro atoms. The van der Waals surface area contributed by atoms with Crippen molar-refractivity contribution in [1.29, 1.82) is 0 Å². The summed E-state index contributed by atoms with van der Waals surface area (Å²) >= 11 is 0. The molecular formula is C12H17NO2. The third kappa shape index (κ3) is 2.36. The van der Waals surface area contributed by atoms with Crippen LogP contribution in [0.2, 0.25) is 0 Å². The molecule has 0 radical (unpaired) electrons. The monoisotopic (exact) mass is 207 g/mol. The molecule has 0 amide bonds. The Labute approximate surface area is 90.2 Å². The van der Waals surface area contributed by atoms with Crippen molar-refractivity contribution in [1.82, 2.24) is 0 Å². The Morgan fingerprint density at radius 2 is 1.80 bits per heavy atom. The topological polar surface area (TPSA) is 52.3 Å². The molecule has 0 aliphatic carbocycles. The van der Waals surface area contributed by atoms with Crippen molar-refractivity contribution < 1.29 is 9.53 Å². The van der Waals surface area contributed by atoms with Gasteiger partial charge >= 0.3 is 0 Å². The van der Waals surface area contributed by atoms with Gasteiger partial charge in [-0.2, -0.15) is 0 Å². The van der Waals surface area contributed by atoms with E-state index in [4.69, 9.17) is 10.5 Å². The van der Waals surface area contributed by atoms with Gasteiger partial charge in [0.2, 0.25) is 0 Å². The van der Waals surface area contributed by atoms with Crippen LogP contribution in [-0.4, -0.2) is 18.9 Å². The highest BCUT2D eigenvalue weighted by molar-refractivity contribution is 6.02. The summed E-state index contributed by atoms with van der Waals surface area (Å²) in [5.74, 6) is 0.749. The van der Waals surface area contributed by atoms with Gasteiger partial charge in [-0.1, -0.05) is 0 Å². The molecule has 3 heteroatoms. The molecule has 1 rings (SSSR count). The third-order valence-corrected chi connectivity index (χ3v) is 2.40. The quantitative estimate of drug-likeness (QED) is 0.769. The Morgan fingerprint density at radius 3 is 2.13 bits per heavy atom. The molecule has 82 valence electrons. The lowest BCUT2D eigenvalue weighted by Gasteiger charge is -2.12. The summed E-state index contributed by atoms with van der Waals surface area (Å²) < 4.78 is 5.13. The minimum absolute atomic E-state index is 0.0207. The number of hydrogen-bond donors (Lipinski definition) is 1. The number of carbonyl (C=O) groups is 1. The van der Waals surface area contributed by atoms with Crippen molar-refractivity contribution >= 4 is 5.78 Å². The van der Waals surface area contributed by atoms with Gasteiger partial charge in [-0.3, -0.25) is 4.79 Å². The largest absolute Gasteiger partial charge is 0.497 e. The van der Waals surface area contributed by atoms with Crippen LogP contribution in [0.25, 0.3) is 0 Å². The molecule has 1 aromatic carbocycles. The van der Waals surface area contributed by atoms with Crippen molar-refractivity contribution in [2.45, 2.75) is 26.8 Å². The van der Waals surface area contributed by atoms with Crippen molar-refractivity contribution in [2.75, 3.05) is 7.11 Å². The maximum atomic E-state index is 11.8. The number of rotatable bonds is 3. The number of methoxy groups -OCH3 is 1. The van der Waals surface area contributed by atoms with Crippen LogP contribution in [-0.2, 0) is 0 Å². The van der Waals surface area contributed by atoms with Crippen LogP contribution in [0.1, 0.15) is 28.4 Å². The van der Waals surface area contributed by atoms with Crippen LogP contribution in [0.3, 0.4) is 0 Å². The summed E-state index contributed by atoms with van der Waals surface area (Å²) in [5.41, 5.74) is 8.13. The number of benzene rings is 1. The second-order valence-electron chi connectivity index (χ2n) is 3.79. The molecular weight excluding hydrogens is 190 g/mol. The first-order chi connectivity index (χ1) is 6.97. The van der Waals surface area contributed by atoms with Crippen LogP contribution in [0.15, 0.2) is 12.1 Å². The van der Waals surface area contributed by atoms with E-state index in [1.807, 2.05) is 26.0 Å². The van der Waals surface area contributed by atoms with Gasteiger partial charge in [0.15, 0.2) is 5.78 Å².